The van der Waals surface area contributed by atoms with Crippen molar-refractivity contribution >= 4 is 45.8 Å². The average molecular weight is 617 g/mol. The maximum absolute atomic E-state index is 17.3. The molecule has 2 N–H and O–H groups in total. The molecule has 4 heterocycles. The first-order valence-corrected chi connectivity index (χ1v) is 14.6. The number of para-hydroxylation sites is 1. The fourth-order valence-electron chi connectivity index (χ4n) is 6.28. The molecule has 1 saturated heterocycles. The number of hydrogen-bond acceptors (Lipinski definition) is 7. The van der Waals surface area contributed by atoms with E-state index in [2.05, 4.69) is 21.9 Å². The molecule has 2 unspecified atom stereocenters. The number of aromatic nitrogens is 3. The molecule has 1 fully saturated rings. The van der Waals surface area contributed by atoms with Gasteiger partial charge in [0.25, 0.3) is 0 Å². The predicted octanol–water partition coefficient (Wildman–Crippen LogP) is 4.92. The van der Waals surface area contributed by atoms with Gasteiger partial charge in [-0.3, -0.25) is 19.1 Å². The Morgan fingerprint density at radius 3 is 2.64 bits per heavy atom. The molecule has 0 saturated carbocycles. The summed E-state index contributed by atoms with van der Waals surface area (Å²) in [6.45, 7) is 11.2. The van der Waals surface area contributed by atoms with Gasteiger partial charge in [0.1, 0.15) is 23.1 Å². The summed E-state index contributed by atoms with van der Waals surface area (Å²) in [7, 11) is 0. The number of hydrogen-bond donors (Lipinski definition) is 2. The van der Waals surface area contributed by atoms with Crippen LogP contribution >= 0.6 is 11.6 Å². The van der Waals surface area contributed by atoms with E-state index in [1.807, 2.05) is 13.8 Å². The Balaban J connectivity index is 1.79. The highest BCUT2D eigenvalue weighted by atomic mass is 35.5. The Morgan fingerprint density at radius 1 is 1.23 bits per heavy atom. The molecule has 0 aliphatic carbocycles. The SMILES string of the molecule is C=CC(=O)N1CC(C)N2c3nc(=O)n(-c4c(C)ccnc4C(C)C)c4c(F)c(-c5ccccc5O)c(Cl)c(c34)NC(=O)C2C1. The Labute approximate surface area is 257 Å². The Morgan fingerprint density at radius 2 is 1.95 bits per heavy atom. The number of fused-ring (bicyclic) bond motifs is 2. The minimum Gasteiger partial charge on any atom is -0.507 e. The van der Waals surface area contributed by atoms with Crippen molar-refractivity contribution in [2.75, 3.05) is 23.3 Å². The van der Waals surface area contributed by atoms with E-state index < -0.39 is 29.5 Å². The van der Waals surface area contributed by atoms with Gasteiger partial charge in [0, 0.05) is 29.9 Å². The molecule has 226 valence electrons. The standard InChI is InChI=1S/C32H30ClFN6O4/c1-6-21(42)38-13-17(5)39-19(14-38)31(43)36-27-23-29(25(34)22(24(27)33)18-9-7-8-10-20(18)41)40(32(44)37-30(23)39)28-16(4)11-12-35-26(28)15(2)3/h6-12,15,17,19,41H,1,13-14H2,2-5H3,(H,36,43). The highest BCUT2D eigenvalue weighted by Gasteiger charge is 2.43. The average Bonchev–Trinajstić information content (AvgIpc) is 3.11. The van der Waals surface area contributed by atoms with Crippen LogP contribution in [0.1, 0.15) is 37.9 Å². The van der Waals surface area contributed by atoms with Crippen LogP contribution in [-0.2, 0) is 9.59 Å². The van der Waals surface area contributed by atoms with Gasteiger partial charge in [0.15, 0.2) is 5.82 Å². The molecule has 0 spiro atoms. The number of anilines is 2. The Hall–Kier alpha value is -4.77. The molecule has 4 aromatic rings. The predicted molar refractivity (Wildman–Crippen MR) is 167 cm³/mol. The number of carbonyl (C=O) groups excluding carboxylic acids is 2. The van der Waals surface area contributed by atoms with Gasteiger partial charge < -0.3 is 20.2 Å². The van der Waals surface area contributed by atoms with Crippen LogP contribution < -0.4 is 15.9 Å². The molecule has 2 aliphatic heterocycles. The van der Waals surface area contributed by atoms with Gasteiger partial charge in [0.2, 0.25) is 11.8 Å². The maximum Gasteiger partial charge on any atom is 0.354 e. The second kappa shape index (κ2) is 10.7. The third kappa shape index (κ3) is 4.33. The number of phenols is 1. The lowest BCUT2D eigenvalue weighted by atomic mass is 9.98. The highest BCUT2D eigenvalue weighted by molar-refractivity contribution is 6.39. The molecule has 6 rings (SSSR count). The number of benzene rings is 2. The number of aromatic hydroxyl groups is 1. The molecule has 2 atom stereocenters. The van der Waals surface area contributed by atoms with Gasteiger partial charge in [-0.15, -0.1) is 0 Å². The molecule has 0 bridgehead atoms. The van der Waals surface area contributed by atoms with Gasteiger partial charge >= 0.3 is 5.69 Å². The quantitative estimate of drug-likeness (QED) is 0.312. The molecular weight excluding hydrogens is 587 g/mol. The van der Waals surface area contributed by atoms with E-state index in [1.165, 1.54) is 27.7 Å². The van der Waals surface area contributed by atoms with Crippen molar-refractivity contribution in [1.82, 2.24) is 19.4 Å². The number of halogens is 2. The number of nitrogens with one attached hydrogen (secondary N) is 1. The minimum atomic E-state index is -0.972. The number of carbonyl (C=O) groups is 2. The van der Waals surface area contributed by atoms with Crippen molar-refractivity contribution < 1.29 is 19.1 Å². The normalized spacial score (nSPS) is 17.8. The topological polar surface area (TPSA) is 121 Å². The van der Waals surface area contributed by atoms with Crippen LogP contribution in [0.15, 0.2) is 54.0 Å². The van der Waals surface area contributed by atoms with Crippen molar-refractivity contribution in [1.29, 1.82) is 0 Å². The van der Waals surface area contributed by atoms with E-state index in [1.54, 1.807) is 43.1 Å². The number of amides is 2. The van der Waals surface area contributed by atoms with Crippen LogP contribution in [-0.4, -0.2) is 61.5 Å². The molecular formula is C32H30ClFN6O4. The van der Waals surface area contributed by atoms with Crippen molar-refractivity contribution in [3.05, 3.63) is 81.8 Å². The van der Waals surface area contributed by atoms with Crippen molar-refractivity contribution in [3.63, 3.8) is 0 Å². The van der Waals surface area contributed by atoms with Gasteiger partial charge in [-0.05, 0) is 43.5 Å². The smallest absolute Gasteiger partial charge is 0.354 e. The van der Waals surface area contributed by atoms with E-state index >= 15 is 4.39 Å². The summed E-state index contributed by atoms with van der Waals surface area (Å²) >= 11 is 6.94. The zero-order valence-corrected chi connectivity index (χ0v) is 25.3. The zero-order chi connectivity index (χ0) is 31.6. The van der Waals surface area contributed by atoms with Crippen LogP contribution in [0, 0.1) is 12.7 Å². The van der Waals surface area contributed by atoms with Crippen LogP contribution in [0.3, 0.4) is 0 Å². The van der Waals surface area contributed by atoms with E-state index in [-0.39, 0.29) is 69.2 Å². The Bertz CT molecular complexity index is 1960. The molecule has 2 aliphatic rings. The van der Waals surface area contributed by atoms with Gasteiger partial charge in [-0.25, -0.2) is 9.18 Å². The third-order valence-corrected chi connectivity index (χ3v) is 8.64. The highest BCUT2D eigenvalue weighted by Crippen LogP contribution is 2.49. The summed E-state index contributed by atoms with van der Waals surface area (Å²) in [5.74, 6) is -2.07. The van der Waals surface area contributed by atoms with Gasteiger partial charge in [-0.2, -0.15) is 4.98 Å². The van der Waals surface area contributed by atoms with E-state index in [4.69, 9.17) is 11.6 Å². The van der Waals surface area contributed by atoms with E-state index in [0.717, 1.165) is 0 Å². The summed E-state index contributed by atoms with van der Waals surface area (Å²) in [5, 5.41) is 13.6. The first-order valence-electron chi connectivity index (χ1n) is 14.2. The molecule has 10 nitrogen and oxygen atoms in total. The monoisotopic (exact) mass is 616 g/mol. The van der Waals surface area contributed by atoms with Crippen molar-refractivity contribution in [3.8, 4) is 22.6 Å². The first kappa shape index (κ1) is 29.3. The maximum atomic E-state index is 17.3. The number of phenolic OH excluding ortho intramolecular Hbond substituents is 1. The van der Waals surface area contributed by atoms with Crippen LogP contribution in [0.4, 0.5) is 15.9 Å². The summed E-state index contributed by atoms with van der Waals surface area (Å²) in [5.41, 5.74) is 0.529. The molecule has 2 aromatic heterocycles. The first-order chi connectivity index (χ1) is 21.0. The fourth-order valence-corrected chi connectivity index (χ4v) is 6.61. The van der Waals surface area contributed by atoms with Gasteiger partial charge in [0.05, 0.1) is 34.0 Å². The van der Waals surface area contributed by atoms with Gasteiger partial charge in [-0.1, -0.05) is 50.2 Å². The second-order valence-electron chi connectivity index (χ2n) is 11.4. The summed E-state index contributed by atoms with van der Waals surface area (Å²) < 4.78 is 18.5. The van der Waals surface area contributed by atoms with Crippen LogP contribution in [0.2, 0.25) is 5.02 Å². The lowest BCUT2D eigenvalue weighted by Crippen LogP contribution is -2.62. The molecule has 12 heteroatoms. The minimum absolute atomic E-state index is 0.0209. The number of pyridine rings is 1. The molecule has 2 aromatic carbocycles. The third-order valence-electron chi connectivity index (χ3n) is 8.26. The fraction of sp³-hybridized carbons (Fsp3) is 0.281. The lowest BCUT2D eigenvalue weighted by molar-refractivity contribution is -0.128. The van der Waals surface area contributed by atoms with Crippen molar-refractivity contribution in [2.45, 2.75) is 45.7 Å². The van der Waals surface area contributed by atoms with Crippen LogP contribution in [0.5, 0.6) is 5.75 Å². The second-order valence-corrected chi connectivity index (χ2v) is 11.8. The number of aryl methyl sites for hydroxylation is 1. The number of nitrogens with zero attached hydrogens (tertiary/aromatic N) is 5. The molecule has 44 heavy (non-hydrogen) atoms. The lowest BCUT2D eigenvalue weighted by Gasteiger charge is -2.44. The molecule has 0 radical (unpaired) electrons. The summed E-state index contributed by atoms with van der Waals surface area (Å²) in [6.07, 6.45) is 2.80. The zero-order valence-electron chi connectivity index (χ0n) is 24.6. The van der Waals surface area contributed by atoms with Crippen LogP contribution in [0.25, 0.3) is 27.7 Å². The largest absolute Gasteiger partial charge is 0.507 e. The Kier molecular flexibility index (Phi) is 7.16. The summed E-state index contributed by atoms with van der Waals surface area (Å²) in [4.78, 5) is 52.8. The molecule has 2 amide bonds. The summed E-state index contributed by atoms with van der Waals surface area (Å²) in [6, 6.07) is 6.35. The van der Waals surface area contributed by atoms with Crippen molar-refractivity contribution in [2.24, 2.45) is 0 Å². The van der Waals surface area contributed by atoms with E-state index in [9.17, 15) is 19.5 Å². The van der Waals surface area contributed by atoms with E-state index in [0.29, 0.717) is 16.9 Å². The number of piperazine rings is 1. The number of rotatable bonds is 4.